The number of rotatable bonds is 2. The van der Waals surface area contributed by atoms with Gasteiger partial charge < -0.3 is 9.83 Å². The first-order valence-corrected chi connectivity index (χ1v) is 4.13. The maximum absolute atomic E-state index is 8.99. The number of phenols is 1. The third-order valence-electron chi connectivity index (χ3n) is 1.07. The maximum atomic E-state index is 8.99. The van der Waals surface area contributed by atoms with E-state index < -0.39 is 0 Å². The Morgan fingerprint density at radius 3 is 2.90 bits per heavy atom. The van der Waals surface area contributed by atoms with Gasteiger partial charge in [0, 0.05) is 18.0 Å². The van der Waals surface area contributed by atoms with Crippen LogP contribution < -0.4 is 4.72 Å². The summed E-state index contributed by atoms with van der Waals surface area (Å²) in [4.78, 5) is 0. The van der Waals surface area contributed by atoms with Crippen LogP contribution in [0.5, 0.6) is 5.75 Å². The van der Waals surface area contributed by atoms with E-state index in [1.54, 1.807) is 18.2 Å². The molecule has 1 aromatic rings. The summed E-state index contributed by atoms with van der Waals surface area (Å²) in [5, 5.41) is 8.99. The predicted octanol–water partition coefficient (Wildman–Crippen LogP) is 2.08. The molecule has 0 heterocycles. The van der Waals surface area contributed by atoms with Crippen LogP contribution in [-0.2, 0) is 0 Å². The molecule has 0 aliphatic heterocycles. The van der Waals surface area contributed by atoms with Gasteiger partial charge in [0.2, 0.25) is 0 Å². The average molecular weight is 155 g/mol. The van der Waals surface area contributed by atoms with E-state index in [1.165, 1.54) is 11.9 Å². The van der Waals surface area contributed by atoms with E-state index in [0.717, 1.165) is 5.69 Å². The Bertz CT molecular complexity index is 215. The molecule has 0 aliphatic rings. The molecule has 0 bridgehead atoms. The topological polar surface area (TPSA) is 32.3 Å². The van der Waals surface area contributed by atoms with Crippen molar-refractivity contribution in [2.24, 2.45) is 0 Å². The SMILES string of the molecule is CSNc1cccc(O)c1. The van der Waals surface area contributed by atoms with Crippen molar-refractivity contribution in [2.45, 2.75) is 0 Å². The van der Waals surface area contributed by atoms with Gasteiger partial charge in [0.25, 0.3) is 0 Å². The van der Waals surface area contributed by atoms with Crippen molar-refractivity contribution < 1.29 is 5.11 Å². The van der Waals surface area contributed by atoms with Crippen LogP contribution in [0.4, 0.5) is 5.69 Å². The minimum absolute atomic E-state index is 0.291. The molecule has 0 spiro atoms. The highest BCUT2D eigenvalue weighted by Gasteiger charge is 1.89. The highest BCUT2D eigenvalue weighted by molar-refractivity contribution is 7.99. The van der Waals surface area contributed by atoms with E-state index >= 15 is 0 Å². The average Bonchev–Trinajstić information content (AvgIpc) is 1.88. The second kappa shape index (κ2) is 3.37. The third-order valence-corrected chi connectivity index (χ3v) is 1.51. The highest BCUT2D eigenvalue weighted by Crippen LogP contribution is 2.16. The largest absolute Gasteiger partial charge is 0.508 e. The van der Waals surface area contributed by atoms with Gasteiger partial charge in [-0.3, -0.25) is 0 Å². The smallest absolute Gasteiger partial charge is 0.117 e. The normalized spacial score (nSPS) is 9.30. The molecule has 0 aromatic heterocycles. The molecule has 0 aliphatic carbocycles. The van der Waals surface area contributed by atoms with Crippen molar-refractivity contribution in [2.75, 3.05) is 11.0 Å². The summed E-state index contributed by atoms with van der Waals surface area (Å²) < 4.78 is 3.00. The molecule has 54 valence electrons. The van der Waals surface area contributed by atoms with E-state index in [0.29, 0.717) is 5.75 Å². The van der Waals surface area contributed by atoms with Crippen molar-refractivity contribution in [3.05, 3.63) is 24.3 Å². The lowest BCUT2D eigenvalue weighted by molar-refractivity contribution is 0.475. The molecule has 2 nitrogen and oxygen atoms in total. The fourth-order valence-electron chi connectivity index (χ4n) is 0.687. The van der Waals surface area contributed by atoms with Crippen LogP contribution in [0.1, 0.15) is 0 Å². The summed E-state index contributed by atoms with van der Waals surface area (Å²) in [5.41, 5.74) is 0.924. The molecule has 10 heavy (non-hydrogen) atoms. The van der Waals surface area contributed by atoms with E-state index in [4.69, 9.17) is 5.11 Å². The monoisotopic (exact) mass is 155 g/mol. The lowest BCUT2D eigenvalue weighted by atomic mass is 10.3. The number of hydrogen-bond acceptors (Lipinski definition) is 3. The number of nitrogens with one attached hydrogen (secondary N) is 1. The van der Waals surface area contributed by atoms with Crippen molar-refractivity contribution in [3.63, 3.8) is 0 Å². The second-order valence-corrected chi connectivity index (χ2v) is 2.47. The Kier molecular flexibility index (Phi) is 2.45. The van der Waals surface area contributed by atoms with Gasteiger partial charge in [-0.2, -0.15) is 0 Å². The van der Waals surface area contributed by atoms with Crippen LogP contribution in [0.15, 0.2) is 24.3 Å². The summed E-state index contributed by atoms with van der Waals surface area (Å²) in [6.07, 6.45) is 1.93. The zero-order chi connectivity index (χ0) is 7.40. The van der Waals surface area contributed by atoms with E-state index in [1.807, 2.05) is 12.3 Å². The van der Waals surface area contributed by atoms with Gasteiger partial charge >= 0.3 is 0 Å². The van der Waals surface area contributed by atoms with Crippen LogP contribution in [-0.4, -0.2) is 11.4 Å². The summed E-state index contributed by atoms with van der Waals surface area (Å²) in [6.45, 7) is 0. The minimum Gasteiger partial charge on any atom is -0.508 e. The number of benzene rings is 1. The molecule has 0 radical (unpaired) electrons. The van der Waals surface area contributed by atoms with Crippen LogP contribution in [0.2, 0.25) is 0 Å². The van der Waals surface area contributed by atoms with Crippen molar-refractivity contribution in [3.8, 4) is 5.75 Å². The molecule has 3 heteroatoms. The van der Waals surface area contributed by atoms with Crippen LogP contribution in [0.3, 0.4) is 0 Å². The van der Waals surface area contributed by atoms with Crippen molar-refractivity contribution >= 4 is 17.6 Å². The molecule has 0 saturated carbocycles. The van der Waals surface area contributed by atoms with Gasteiger partial charge in [-0.05, 0) is 12.1 Å². The number of anilines is 1. The van der Waals surface area contributed by atoms with E-state index in [9.17, 15) is 0 Å². The molecule has 0 fully saturated rings. The van der Waals surface area contributed by atoms with Crippen molar-refractivity contribution in [1.82, 2.24) is 0 Å². The zero-order valence-electron chi connectivity index (χ0n) is 5.66. The molecule has 1 rings (SSSR count). The lowest BCUT2D eigenvalue weighted by Gasteiger charge is -2.00. The standard InChI is InChI=1S/C7H9NOS/c1-10-8-6-3-2-4-7(9)5-6/h2-5,8-9H,1H3. The fraction of sp³-hybridized carbons (Fsp3) is 0.143. The minimum atomic E-state index is 0.291. The Balaban J connectivity index is 2.75. The number of phenolic OH excluding ortho intramolecular Hbond substituents is 1. The van der Waals surface area contributed by atoms with Crippen LogP contribution in [0.25, 0.3) is 0 Å². The Morgan fingerprint density at radius 2 is 2.30 bits per heavy atom. The lowest BCUT2D eigenvalue weighted by Crippen LogP contribution is -1.82. The summed E-state index contributed by atoms with van der Waals surface area (Å²) in [6, 6.07) is 7.02. The summed E-state index contributed by atoms with van der Waals surface area (Å²) in [5.74, 6) is 0.291. The molecule has 0 amide bonds. The van der Waals surface area contributed by atoms with E-state index in [2.05, 4.69) is 4.72 Å². The first-order chi connectivity index (χ1) is 4.83. The number of aromatic hydroxyl groups is 1. The van der Waals surface area contributed by atoms with Crippen molar-refractivity contribution in [1.29, 1.82) is 0 Å². The third kappa shape index (κ3) is 1.84. The molecule has 0 saturated heterocycles. The molecular formula is C7H9NOS. The fourth-order valence-corrected chi connectivity index (χ4v) is 1.05. The number of hydrogen-bond donors (Lipinski definition) is 2. The first-order valence-electron chi connectivity index (χ1n) is 2.91. The molecule has 0 unspecified atom stereocenters. The molecular weight excluding hydrogens is 146 g/mol. The van der Waals surface area contributed by atoms with E-state index in [-0.39, 0.29) is 0 Å². The summed E-state index contributed by atoms with van der Waals surface area (Å²) in [7, 11) is 0. The van der Waals surface area contributed by atoms with Gasteiger partial charge in [-0.25, -0.2) is 0 Å². The molecule has 1 aromatic carbocycles. The van der Waals surface area contributed by atoms with Gasteiger partial charge in [0.05, 0.1) is 0 Å². The quantitative estimate of drug-likeness (QED) is 0.641. The van der Waals surface area contributed by atoms with Gasteiger partial charge in [-0.15, -0.1) is 0 Å². The Hall–Kier alpha value is -0.830. The Morgan fingerprint density at radius 1 is 1.50 bits per heavy atom. The van der Waals surface area contributed by atoms with Gasteiger partial charge in [0.1, 0.15) is 5.75 Å². The Labute approximate surface area is 64.4 Å². The predicted molar refractivity (Wildman–Crippen MR) is 45.2 cm³/mol. The summed E-state index contributed by atoms with van der Waals surface area (Å²) >= 11 is 1.50. The van der Waals surface area contributed by atoms with Gasteiger partial charge in [0.15, 0.2) is 0 Å². The first kappa shape index (κ1) is 7.28. The van der Waals surface area contributed by atoms with Crippen LogP contribution >= 0.6 is 11.9 Å². The van der Waals surface area contributed by atoms with Crippen LogP contribution in [0, 0.1) is 0 Å². The zero-order valence-corrected chi connectivity index (χ0v) is 6.48. The van der Waals surface area contributed by atoms with Gasteiger partial charge in [-0.1, -0.05) is 18.0 Å². The molecule has 2 N–H and O–H groups in total. The molecule has 0 atom stereocenters. The highest BCUT2D eigenvalue weighted by atomic mass is 32.2. The maximum Gasteiger partial charge on any atom is 0.117 e. The second-order valence-electron chi connectivity index (χ2n) is 1.86.